The van der Waals surface area contributed by atoms with Gasteiger partial charge in [0.2, 0.25) is 11.8 Å². The van der Waals surface area contributed by atoms with Gasteiger partial charge in [0, 0.05) is 19.1 Å². The summed E-state index contributed by atoms with van der Waals surface area (Å²) in [6.07, 6.45) is 3.21. The second kappa shape index (κ2) is 8.87. The Balaban J connectivity index is 1.43. The molecule has 194 valence electrons. The molecule has 0 bridgehead atoms. The van der Waals surface area contributed by atoms with Crippen LogP contribution in [0, 0.1) is 0 Å². The molecule has 13 nitrogen and oxygen atoms in total. The van der Waals surface area contributed by atoms with Gasteiger partial charge in [-0.2, -0.15) is 14.6 Å². The maximum absolute atomic E-state index is 14.0. The Morgan fingerprint density at radius 2 is 1.87 bits per heavy atom. The minimum atomic E-state index is -1.30. The maximum atomic E-state index is 14.0. The van der Waals surface area contributed by atoms with Gasteiger partial charge in [0.1, 0.15) is 0 Å². The standard InChI is InChI=1S/C25H25N9O4/c1-25(15-6-3-2-4-7-15,22(35)28-16-9-11-32(12-10-16)24(36)37)34-21-17(14-27-34)20-29-19(18-8-5-13-38-18)31-33(20)23(26)30-21/h2-8,13-14,16H,9-12H2,1H3,(H2,26,30)(H,28,35)(H,36,37). The minimum absolute atomic E-state index is 0.0800. The van der Waals surface area contributed by atoms with Crippen LogP contribution in [0.15, 0.2) is 59.3 Å². The highest BCUT2D eigenvalue weighted by Gasteiger charge is 2.41. The molecule has 1 fully saturated rings. The van der Waals surface area contributed by atoms with Gasteiger partial charge in [0.05, 0.1) is 17.8 Å². The molecule has 1 atom stereocenters. The number of likely N-dealkylation sites (tertiary alicyclic amines) is 1. The van der Waals surface area contributed by atoms with Crippen molar-refractivity contribution in [1.82, 2.24) is 39.6 Å². The first-order chi connectivity index (χ1) is 18.4. The number of nitrogens with one attached hydrogen (secondary N) is 1. The molecular formula is C25H25N9O4. The molecule has 5 heterocycles. The summed E-state index contributed by atoms with van der Waals surface area (Å²) >= 11 is 0. The second-order valence-corrected chi connectivity index (χ2v) is 9.37. The monoisotopic (exact) mass is 515 g/mol. The molecule has 5 aromatic rings. The predicted molar refractivity (Wildman–Crippen MR) is 136 cm³/mol. The van der Waals surface area contributed by atoms with Gasteiger partial charge in [-0.05, 0) is 37.5 Å². The van der Waals surface area contributed by atoms with Gasteiger partial charge in [-0.1, -0.05) is 30.3 Å². The first-order valence-corrected chi connectivity index (χ1v) is 12.1. The summed E-state index contributed by atoms with van der Waals surface area (Å²) < 4.78 is 8.40. The fraction of sp³-hybridized carbons (Fsp3) is 0.280. The zero-order chi connectivity index (χ0) is 26.4. The van der Waals surface area contributed by atoms with Crippen molar-refractivity contribution in [3.8, 4) is 11.6 Å². The SMILES string of the molecule is CC(C(=O)NC1CCN(C(=O)O)CC1)(c1ccccc1)n1ncc2c1nc(N)n1nc(-c3ccco3)nc21. The normalized spacial score (nSPS) is 16.1. The Labute approximate surface area is 215 Å². The quantitative estimate of drug-likeness (QED) is 0.318. The highest BCUT2D eigenvalue weighted by molar-refractivity contribution is 5.94. The van der Waals surface area contributed by atoms with E-state index < -0.39 is 11.6 Å². The van der Waals surface area contributed by atoms with E-state index in [0.717, 1.165) is 0 Å². The zero-order valence-electron chi connectivity index (χ0n) is 20.5. The van der Waals surface area contributed by atoms with E-state index in [-0.39, 0.29) is 17.9 Å². The van der Waals surface area contributed by atoms with E-state index in [1.54, 1.807) is 29.9 Å². The van der Waals surface area contributed by atoms with Gasteiger partial charge in [0.25, 0.3) is 5.91 Å². The molecule has 1 aliphatic rings. The fourth-order valence-electron chi connectivity index (χ4n) is 4.90. The van der Waals surface area contributed by atoms with E-state index in [4.69, 9.17) is 10.2 Å². The summed E-state index contributed by atoms with van der Waals surface area (Å²) in [5.74, 6) is 0.619. The lowest BCUT2D eigenvalue weighted by atomic mass is 9.90. The van der Waals surface area contributed by atoms with E-state index in [2.05, 4.69) is 25.5 Å². The van der Waals surface area contributed by atoms with Crippen LogP contribution in [0.5, 0.6) is 0 Å². The number of benzene rings is 1. The summed E-state index contributed by atoms with van der Waals surface area (Å²) in [5.41, 5.74) is 6.49. The summed E-state index contributed by atoms with van der Waals surface area (Å²) in [6.45, 7) is 2.48. The van der Waals surface area contributed by atoms with Gasteiger partial charge in [-0.3, -0.25) is 4.79 Å². The first kappa shape index (κ1) is 23.5. The number of carbonyl (C=O) groups is 2. The molecule has 4 N–H and O–H groups in total. The maximum Gasteiger partial charge on any atom is 0.407 e. The Morgan fingerprint density at radius 1 is 1.11 bits per heavy atom. The topological polar surface area (TPSA) is 170 Å². The van der Waals surface area contributed by atoms with E-state index in [9.17, 15) is 14.7 Å². The number of nitrogen functional groups attached to an aromatic ring is 1. The molecule has 0 radical (unpaired) electrons. The van der Waals surface area contributed by atoms with Crippen LogP contribution in [-0.4, -0.2) is 70.5 Å². The average molecular weight is 516 g/mol. The molecule has 0 spiro atoms. The number of carboxylic acid groups (broad SMARTS) is 1. The summed E-state index contributed by atoms with van der Waals surface area (Å²) in [5, 5.41) is 22.0. The highest BCUT2D eigenvalue weighted by atomic mass is 16.4. The number of rotatable bonds is 5. The summed E-state index contributed by atoms with van der Waals surface area (Å²) in [7, 11) is 0. The van der Waals surface area contributed by atoms with Crippen molar-refractivity contribution in [1.29, 1.82) is 0 Å². The number of nitrogens with two attached hydrogens (primary N) is 1. The van der Waals surface area contributed by atoms with Crippen LogP contribution in [-0.2, 0) is 10.3 Å². The highest BCUT2D eigenvalue weighted by Crippen LogP contribution is 2.32. The second-order valence-electron chi connectivity index (χ2n) is 9.37. The molecule has 1 saturated heterocycles. The van der Waals surface area contributed by atoms with Crippen LogP contribution < -0.4 is 11.1 Å². The van der Waals surface area contributed by atoms with Gasteiger partial charge < -0.3 is 25.5 Å². The van der Waals surface area contributed by atoms with Crippen LogP contribution in [0.25, 0.3) is 28.3 Å². The van der Waals surface area contributed by atoms with Crippen molar-refractivity contribution in [2.45, 2.75) is 31.3 Å². The first-order valence-electron chi connectivity index (χ1n) is 12.1. The van der Waals surface area contributed by atoms with Crippen molar-refractivity contribution < 1.29 is 19.1 Å². The number of furan rings is 1. The number of anilines is 1. The van der Waals surface area contributed by atoms with Crippen LogP contribution in [0.2, 0.25) is 0 Å². The summed E-state index contributed by atoms with van der Waals surface area (Å²) in [4.78, 5) is 35.8. The third kappa shape index (κ3) is 3.70. The van der Waals surface area contributed by atoms with E-state index in [1.807, 2.05) is 30.3 Å². The van der Waals surface area contributed by atoms with E-state index >= 15 is 0 Å². The van der Waals surface area contributed by atoms with Crippen molar-refractivity contribution in [2.75, 3.05) is 18.8 Å². The van der Waals surface area contributed by atoms with Crippen molar-refractivity contribution in [3.63, 3.8) is 0 Å². The Kier molecular flexibility index (Phi) is 5.47. The van der Waals surface area contributed by atoms with Gasteiger partial charge in [-0.25, -0.2) is 14.5 Å². The third-order valence-electron chi connectivity index (χ3n) is 7.07. The lowest BCUT2D eigenvalue weighted by molar-refractivity contribution is -0.128. The van der Waals surface area contributed by atoms with E-state index in [0.29, 0.717) is 59.8 Å². The third-order valence-corrected chi connectivity index (χ3v) is 7.07. The van der Waals surface area contributed by atoms with Crippen LogP contribution >= 0.6 is 0 Å². The number of amides is 2. The zero-order valence-corrected chi connectivity index (χ0v) is 20.5. The molecule has 6 rings (SSSR count). The Hall–Kier alpha value is -4.94. The average Bonchev–Trinajstić information content (AvgIpc) is 3.68. The number of carbonyl (C=O) groups excluding carboxylic acids is 1. The smallest absolute Gasteiger partial charge is 0.407 e. The van der Waals surface area contributed by atoms with Crippen molar-refractivity contribution in [2.24, 2.45) is 0 Å². The molecule has 0 aliphatic carbocycles. The lowest BCUT2D eigenvalue weighted by Crippen LogP contribution is -2.53. The largest absolute Gasteiger partial charge is 0.465 e. The van der Waals surface area contributed by atoms with Gasteiger partial charge in [-0.15, -0.1) is 5.10 Å². The van der Waals surface area contributed by atoms with Crippen molar-refractivity contribution >= 4 is 34.6 Å². The molecule has 1 aromatic carbocycles. The molecule has 38 heavy (non-hydrogen) atoms. The van der Waals surface area contributed by atoms with Gasteiger partial charge in [0.15, 0.2) is 22.6 Å². The van der Waals surface area contributed by atoms with Crippen LogP contribution in [0.3, 0.4) is 0 Å². The number of piperidine rings is 1. The summed E-state index contributed by atoms with van der Waals surface area (Å²) in [6, 6.07) is 12.6. The number of nitrogens with zero attached hydrogens (tertiary/aromatic N) is 7. The number of hydrogen-bond acceptors (Lipinski definition) is 8. The molecule has 2 amide bonds. The molecule has 0 saturated carbocycles. The van der Waals surface area contributed by atoms with Gasteiger partial charge >= 0.3 is 6.09 Å². The molecule has 1 unspecified atom stereocenters. The molecule has 4 aromatic heterocycles. The van der Waals surface area contributed by atoms with Crippen LogP contribution in [0.1, 0.15) is 25.3 Å². The molecular weight excluding hydrogens is 490 g/mol. The van der Waals surface area contributed by atoms with Crippen molar-refractivity contribution in [3.05, 3.63) is 60.5 Å². The predicted octanol–water partition coefficient (Wildman–Crippen LogP) is 2.34. The number of aromatic nitrogens is 6. The Bertz CT molecular complexity index is 1640. The number of fused-ring (bicyclic) bond motifs is 3. The lowest BCUT2D eigenvalue weighted by Gasteiger charge is -2.35. The number of hydrogen-bond donors (Lipinski definition) is 3. The molecule has 13 heteroatoms. The molecule has 1 aliphatic heterocycles. The fourth-order valence-corrected chi connectivity index (χ4v) is 4.90. The Morgan fingerprint density at radius 3 is 2.55 bits per heavy atom. The van der Waals surface area contributed by atoms with E-state index in [1.165, 1.54) is 15.7 Å². The minimum Gasteiger partial charge on any atom is -0.465 e. The van der Waals surface area contributed by atoms with Crippen LogP contribution in [0.4, 0.5) is 10.7 Å².